The van der Waals surface area contributed by atoms with Crippen molar-refractivity contribution in [3.8, 4) is 0 Å². The van der Waals surface area contributed by atoms with Gasteiger partial charge in [-0.3, -0.25) is 10.1 Å². The van der Waals surface area contributed by atoms with Crippen LogP contribution in [0.5, 0.6) is 0 Å². The van der Waals surface area contributed by atoms with Crippen molar-refractivity contribution in [1.82, 2.24) is 0 Å². The fraction of sp³-hybridized carbons (Fsp3) is 0.143. The molecule has 0 saturated carbocycles. The molecule has 0 aliphatic carbocycles. The average molecular weight is 215 g/mol. The van der Waals surface area contributed by atoms with Crippen LogP contribution in [0.4, 0.5) is 5.69 Å². The summed E-state index contributed by atoms with van der Waals surface area (Å²) in [5, 5.41) is 10.5. The monoisotopic (exact) mass is 215 g/mol. The van der Waals surface area contributed by atoms with Crippen molar-refractivity contribution >= 4 is 13.9 Å². The van der Waals surface area contributed by atoms with Crippen LogP contribution in [0, 0.1) is 10.1 Å². The van der Waals surface area contributed by atoms with Gasteiger partial charge in [-0.15, -0.1) is 4.52 Å². The molecular formula is C7H6NO5P. The minimum absolute atomic E-state index is 0.149. The number of hydrogen-bond acceptors (Lipinski definition) is 5. The molecule has 7 heteroatoms. The third kappa shape index (κ3) is 2.85. The first kappa shape index (κ1) is 10.7. The first-order valence-corrected chi connectivity index (χ1v) is 4.70. The molecule has 0 saturated heterocycles. The summed E-state index contributed by atoms with van der Waals surface area (Å²) in [6.45, 7) is -0.310. The molecule has 0 aromatic heterocycles. The van der Waals surface area contributed by atoms with Gasteiger partial charge in [-0.25, -0.2) is 0 Å². The van der Waals surface area contributed by atoms with Gasteiger partial charge >= 0.3 is 8.25 Å². The van der Waals surface area contributed by atoms with Crippen LogP contribution in [-0.4, -0.2) is 4.92 Å². The van der Waals surface area contributed by atoms with Gasteiger partial charge in [0.15, 0.2) is 0 Å². The van der Waals surface area contributed by atoms with Crippen molar-refractivity contribution in [2.75, 3.05) is 0 Å². The second kappa shape index (κ2) is 4.76. The van der Waals surface area contributed by atoms with Crippen molar-refractivity contribution in [2.24, 2.45) is 0 Å². The summed E-state index contributed by atoms with van der Waals surface area (Å²) in [4.78, 5) is 20.0. The fourth-order valence-corrected chi connectivity index (χ4v) is 1.18. The Morgan fingerprint density at radius 2 is 2.07 bits per heavy atom. The SMILES string of the molecule is O=[N+]([O-])c1ccccc1CO[P+](=O)[O-]. The van der Waals surface area contributed by atoms with E-state index < -0.39 is 13.2 Å². The Balaban J connectivity index is 2.84. The Morgan fingerprint density at radius 1 is 1.43 bits per heavy atom. The molecular weight excluding hydrogens is 209 g/mol. The largest absolute Gasteiger partial charge is 0.566 e. The van der Waals surface area contributed by atoms with E-state index in [4.69, 9.17) is 0 Å². The van der Waals surface area contributed by atoms with Gasteiger partial charge in [-0.1, -0.05) is 12.1 Å². The minimum Gasteiger partial charge on any atom is -0.566 e. The van der Waals surface area contributed by atoms with E-state index in [-0.39, 0.29) is 17.9 Å². The fourth-order valence-electron chi connectivity index (χ4n) is 0.933. The molecule has 0 spiro atoms. The lowest BCUT2D eigenvalue weighted by Crippen LogP contribution is -1.97. The van der Waals surface area contributed by atoms with E-state index in [0.717, 1.165) is 0 Å². The number of nitro groups is 1. The number of nitrogens with zero attached hydrogens (tertiary/aromatic N) is 1. The molecule has 0 aliphatic heterocycles. The van der Waals surface area contributed by atoms with Crippen LogP contribution in [0.15, 0.2) is 24.3 Å². The Labute approximate surface area is 80.2 Å². The maximum Gasteiger partial charge on any atom is 0.488 e. The van der Waals surface area contributed by atoms with Gasteiger partial charge in [-0.2, -0.15) is 0 Å². The van der Waals surface area contributed by atoms with Gasteiger partial charge in [0.25, 0.3) is 5.69 Å². The molecule has 1 rings (SSSR count). The molecule has 1 aromatic carbocycles. The van der Waals surface area contributed by atoms with E-state index >= 15 is 0 Å². The van der Waals surface area contributed by atoms with E-state index in [1.165, 1.54) is 18.2 Å². The molecule has 0 bridgehead atoms. The third-order valence-corrected chi connectivity index (χ3v) is 1.85. The van der Waals surface area contributed by atoms with Gasteiger partial charge in [0, 0.05) is 6.07 Å². The minimum atomic E-state index is -2.98. The summed E-state index contributed by atoms with van der Waals surface area (Å²) in [6.07, 6.45) is 0. The Kier molecular flexibility index (Phi) is 3.64. The lowest BCUT2D eigenvalue weighted by Gasteiger charge is -1.97. The van der Waals surface area contributed by atoms with E-state index in [0.29, 0.717) is 0 Å². The highest BCUT2D eigenvalue weighted by Crippen LogP contribution is 2.21. The maximum atomic E-state index is 10.5. The predicted molar refractivity (Wildman–Crippen MR) is 45.5 cm³/mol. The molecule has 74 valence electrons. The van der Waals surface area contributed by atoms with Crippen LogP contribution in [0.25, 0.3) is 0 Å². The second-order valence-electron chi connectivity index (χ2n) is 2.38. The Bertz CT molecular complexity index is 367. The molecule has 0 heterocycles. The van der Waals surface area contributed by atoms with E-state index in [1.54, 1.807) is 6.07 Å². The van der Waals surface area contributed by atoms with Crippen molar-refractivity contribution in [2.45, 2.75) is 6.61 Å². The highest BCUT2D eigenvalue weighted by Gasteiger charge is 2.14. The van der Waals surface area contributed by atoms with Crippen LogP contribution in [0.3, 0.4) is 0 Å². The summed E-state index contributed by atoms with van der Waals surface area (Å²) in [5.74, 6) is 0. The summed E-state index contributed by atoms with van der Waals surface area (Å²) < 4.78 is 14.4. The maximum absolute atomic E-state index is 10.5. The normalized spacial score (nSPS) is 11.1. The zero-order valence-corrected chi connectivity index (χ0v) is 7.85. The van der Waals surface area contributed by atoms with Gasteiger partial charge in [0.05, 0.1) is 10.5 Å². The summed E-state index contributed by atoms with van der Waals surface area (Å²) in [7, 11) is -2.98. The van der Waals surface area contributed by atoms with Crippen molar-refractivity contribution in [1.29, 1.82) is 0 Å². The number of hydrogen-bond donors (Lipinski definition) is 0. The van der Waals surface area contributed by atoms with Gasteiger partial charge in [0.1, 0.15) is 6.61 Å². The van der Waals surface area contributed by atoms with Crippen LogP contribution < -0.4 is 4.89 Å². The van der Waals surface area contributed by atoms with Crippen LogP contribution in [0.1, 0.15) is 5.56 Å². The standard InChI is InChI=1S/C7H6NO5P/c9-8(10)7-4-2-1-3-6(7)5-13-14(11)12/h1-4H,5H2. The zero-order valence-electron chi connectivity index (χ0n) is 6.95. The zero-order chi connectivity index (χ0) is 10.6. The molecule has 1 unspecified atom stereocenters. The number of nitro benzene ring substituents is 1. The van der Waals surface area contributed by atoms with Crippen LogP contribution in [0.2, 0.25) is 0 Å². The van der Waals surface area contributed by atoms with Crippen LogP contribution in [-0.2, 0) is 15.7 Å². The number of para-hydroxylation sites is 1. The average Bonchev–Trinajstić information content (AvgIpc) is 2.15. The first-order valence-electron chi connectivity index (χ1n) is 3.61. The van der Waals surface area contributed by atoms with E-state index in [2.05, 4.69) is 4.52 Å². The smallest absolute Gasteiger partial charge is 0.488 e. The molecule has 14 heavy (non-hydrogen) atoms. The quantitative estimate of drug-likeness (QED) is 0.426. The van der Waals surface area contributed by atoms with Gasteiger partial charge in [0.2, 0.25) is 0 Å². The molecule has 0 amide bonds. The highest BCUT2D eigenvalue weighted by molar-refractivity contribution is 7.30. The van der Waals surface area contributed by atoms with E-state index in [1.807, 2.05) is 0 Å². The van der Waals surface area contributed by atoms with Crippen molar-refractivity contribution in [3.63, 3.8) is 0 Å². The molecule has 0 aliphatic rings. The van der Waals surface area contributed by atoms with Gasteiger partial charge < -0.3 is 4.89 Å². The lowest BCUT2D eigenvalue weighted by atomic mass is 10.2. The highest BCUT2D eigenvalue weighted by atomic mass is 31.1. The molecule has 0 radical (unpaired) electrons. The van der Waals surface area contributed by atoms with Crippen LogP contribution >= 0.6 is 8.25 Å². The van der Waals surface area contributed by atoms with Crippen molar-refractivity contribution < 1.29 is 18.9 Å². The third-order valence-electron chi connectivity index (χ3n) is 1.51. The molecule has 6 nitrogen and oxygen atoms in total. The Hall–Kier alpha value is -1.36. The van der Waals surface area contributed by atoms with E-state index in [9.17, 15) is 19.6 Å². The number of rotatable bonds is 4. The second-order valence-corrected chi connectivity index (χ2v) is 3.09. The topological polar surface area (TPSA) is 92.5 Å². The molecule has 1 aromatic rings. The summed E-state index contributed by atoms with van der Waals surface area (Å²) >= 11 is 0. The first-order chi connectivity index (χ1) is 6.61. The summed E-state index contributed by atoms with van der Waals surface area (Å²) in [6, 6.07) is 5.80. The lowest BCUT2D eigenvalue weighted by molar-refractivity contribution is -0.385. The Morgan fingerprint density at radius 3 is 2.64 bits per heavy atom. The predicted octanol–water partition coefficient (Wildman–Crippen LogP) is 1.13. The van der Waals surface area contributed by atoms with Gasteiger partial charge in [-0.05, 0) is 10.6 Å². The molecule has 0 fully saturated rings. The van der Waals surface area contributed by atoms with Crippen molar-refractivity contribution in [3.05, 3.63) is 39.9 Å². The number of benzene rings is 1. The summed E-state index contributed by atoms with van der Waals surface area (Å²) in [5.41, 5.74) is 0.0843. The molecule has 1 atom stereocenters. The molecule has 0 N–H and O–H groups in total.